The predicted octanol–water partition coefficient (Wildman–Crippen LogP) is 2.67. The smallest absolute Gasteiger partial charge is 0.152 e. The van der Waals surface area contributed by atoms with Crippen LogP contribution in [0.3, 0.4) is 0 Å². The van der Waals surface area contributed by atoms with Gasteiger partial charge in [-0.2, -0.15) is 5.26 Å². The summed E-state index contributed by atoms with van der Waals surface area (Å²) in [6.07, 6.45) is 0. The summed E-state index contributed by atoms with van der Waals surface area (Å²) < 4.78 is 0. The lowest BCUT2D eigenvalue weighted by Gasteiger charge is -2.10. The highest BCUT2D eigenvalue weighted by Gasteiger charge is 2.10. The quantitative estimate of drug-likeness (QED) is 0.873. The Labute approximate surface area is 106 Å². The van der Waals surface area contributed by atoms with Crippen molar-refractivity contribution in [3.05, 3.63) is 41.2 Å². The van der Waals surface area contributed by atoms with E-state index in [2.05, 4.69) is 21.4 Å². The molecule has 0 saturated heterocycles. The van der Waals surface area contributed by atoms with Crippen molar-refractivity contribution < 1.29 is 0 Å². The molecule has 1 aromatic carbocycles. The SMILES string of the molecule is CNc1nc(C)c(C)nc1-c1cccc(C#N)c1. The summed E-state index contributed by atoms with van der Waals surface area (Å²) in [5.41, 5.74) is 4.09. The van der Waals surface area contributed by atoms with Crippen LogP contribution in [0.2, 0.25) is 0 Å². The molecule has 0 atom stereocenters. The van der Waals surface area contributed by atoms with Gasteiger partial charge < -0.3 is 5.32 Å². The predicted molar refractivity (Wildman–Crippen MR) is 71.2 cm³/mol. The van der Waals surface area contributed by atoms with Gasteiger partial charge in [0.15, 0.2) is 5.82 Å². The van der Waals surface area contributed by atoms with E-state index in [0.717, 1.165) is 28.5 Å². The molecule has 0 fully saturated rings. The first-order valence-electron chi connectivity index (χ1n) is 5.69. The van der Waals surface area contributed by atoms with Gasteiger partial charge in [-0.25, -0.2) is 9.97 Å². The molecule has 0 aliphatic carbocycles. The first-order chi connectivity index (χ1) is 8.65. The third kappa shape index (κ3) is 2.16. The third-order valence-corrected chi connectivity index (χ3v) is 2.81. The molecule has 1 aromatic heterocycles. The molecule has 90 valence electrons. The zero-order valence-corrected chi connectivity index (χ0v) is 10.7. The summed E-state index contributed by atoms with van der Waals surface area (Å²) in [6.45, 7) is 3.86. The van der Waals surface area contributed by atoms with E-state index < -0.39 is 0 Å². The third-order valence-electron chi connectivity index (χ3n) is 2.81. The minimum atomic E-state index is 0.620. The molecule has 1 N–H and O–H groups in total. The Morgan fingerprint density at radius 1 is 1.17 bits per heavy atom. The van der Waals surface area contributed by atoms with Gasteiger partial charge in [-0.3, -0.25) is 0 Å². The van der Waals surface area contributed by atoms with E-state index in [1.807, 2.05) is 39.1 Å². The molecule has 0 radical (unpaired) electrons. The number of nitrogens with zero attached hydrogens (tertiary/aromatic N) is 3. The molecule has 4 nitrogen and oxygen atoms in total. The summed E-state index contributed by atoms with van der Waals surface area (Å²) >= 11 is 0. The van der Waals surface area contributed by atoms with Crippen LogP contribution >= 0.6 is 0 Å². The fourth-order valence-corrected chi connectivity index (χ4v) is 1.71. The Bertz CT molecular complexity index is 626. The Morgan fingerprint density at radius 2 is 1.89 bits per heavy atom. The van der Waals surface area contributed by atoms with Crippen LogP contribution in [-0.4, -0.2) is 17.0 Å². The number of rotatable bonds is 2. The van der Waals surface area contributed by atoms with E-state index in [0.29, 0.717) is 5.56 Å². The Morgan fingerprint density at radius 3 is 2.56 bits per heavy atom. The number of hydrogen-bond acceptors (Lipinski definition) is 4. The lowest BCUT2D eigenvalue weighted by Crippen LogP contribution is -2.02. The van der Waals surface area contributed by atoms with Crippen LogP contribution in [0.5, 0.6) is 0 Å². The van der Waals surface area contributed by atoms with Crippen LogP contribution in [0.4, 0.5) is 5.82 Å². The Balaban J connectivity index is 2.62. The molecule has 1 heterocycles. The number of aryl methyl sites for hydroxylation is 2. The van der Waals surface area contributed by atoms with Gasteiger partial charge in [0.2, 0.25) is 0 Å². The number of nitriles is 1. The van der Waals surface area contributed by atoms with Crippen molar-refractivity contribution in [3.63, 3.8) is 0 Å². The lowest BCUT2D eigenvalue weighted by molar-refractivity contribution is 1.05. The molecule has 0 amide bonds. The fourth-order valence-electron chi connectivity index (χ4n) is 1.71. The molecule has 2 rings (SSSR count). The number of benzene rings is 1. The van der Waals surface area contributed by atoms with Crippen molar-refractivity contribution in [1.29, 1.82) is 5.26 Å². The molecular formula is C14H14N4. The summed E-state index contributed by atoms with van der Waals surface area (Å²) in [7, 11) is 1.82. The molecule has 4 heteroatoms. The highest BCUT2D eigenvalue weighted by atomic mass is 15.0. The highest BCUT2D eigenvalue weighted by molar-refractivity contribution is 5.72. The van der Waals surface area contributed by atoms with Gasteiger partial charge in [0.25, 0.3) is 0 Å². The maximum Gasteiger partial charge on any atom is 0.152 e. The maximum atomic E-state index is 8.93. The van der Waals surface area contributed by atoms with Crippen LogP contribution in [0.1, 0.15) is 17.0 Å². The van der Waals surface area contributed by atoms with Crippen molar-refractivity contribution in [2.45, 2.75) is 13.8 Å². The number of hydrogen-bond donors (Lipinski definition) is 1. The van der Waals surface area contributed by atoms with E-state index in [-0.39, 0.29) is 0 Å². The molecule has 0 aliphatic rings. The minimum absolute atomic E-state index is 0.620. The molecule has 0 saturated carbocycles. The van der Waals surface area contributed by atoms with Crippen molar-refractivity contribution in [1.82, 2.24) is 9.97 Å². The van der Waals surface area contributed by atoms with Crippen molar-refractivity contribution >= 4 is 5.82 Å². The number of anilines is 1. The van der Waals surface area contributed by atoms with Gasteiger partial charge in [0.1, 0.15) is 5.69 Å². The van der Waals surface area contributed by atoms with Crippen LogP contribution in [0, 0.1) is 25.2 Å². The van der Waals surface area contributed by atoms with E-state index in [1.165, 1.54) is 0 Å². The van der Waals surface area contributed by atoms with Gasteiger partial charge >= 0.3 is 0 Å². The van der Waals surface area contributed by atoms with Crippen molar-refractivity contribution in [2.75, 3.05) is 12.4 Å². The van der Waals surface area contributed by atoms with Crippen molar-refractivity contribution in [3.8, 4) is 17.3 Å². The second-order valence-electron chi connectivity index (χ2n) is 4.03. The van der Waals surface area contributed by atoms with E-state index in [1.54, 1.807) is 6.07 Å². The van der Waals surface area contributed by atoms with E-state index in [4.69, 9.17) is 5.26 Å². The molecule has 18 heavy (non-hydrogen) atoms. The summed E-state index contributed by atoms with van der Waals surface area (Å²) in [4.78, 5) is 9.02. The Hall–Kier alpha value is -2.41. The van der Waals surface area contributed by atoms with Gasteiger partial charge in [-0.1, -0.05) is 12.1 Å². The number of aromatic nitrogens is 2. The van der Waals surface area contributed by atoms with Gasteiger partial charge in [0, 0.05) is 12.6 Å². The first-order valence-corrected chi connectivity index (χ1v) is 5.69. The first kappa shape index (κ1) is 12.1. The van der Waals surface area contributed by atoms with Crippen LogP contribution in [0.15, 0.2) is 24.3 Å². The lowest BCUT2D eigenvalue weighted by atomic mass is 10.1. The molecule has 0 unspecified atom stereocenters. The normalized spacial score (nSPS) is 9.89. The van der Waals surface area contributed by atoms with Crippen LogP contribution < -0.4 is 5.32 Å². The monoisotopic (exact) mass is 238 g/mol. The van der Waals surface area contributed by atoms with E-state index >= 15 is 0 Å². The van der Waals surface area contributed by atoms with Crippen LogP contribution in [-0.2, 0) is 0 Å². The zero-order valence-electron chi connectivity index (χ0n) is 10.7. The van der Waals surface area contributed by atoms with Crippen molar-refractivity contribution in [2.24, 2.45) is 0 Å². The second kappa shape index (κ2) is 4.84. The average molecular weight is 238 g/mol. The summed E-state index contributed by atoms with van der Waals surface area (Å²) in [5.74, 6) is 0.730. The van der Waals surface area contributed by atoms with Gasteiger partial charge in [-0.05, 0) is 26.0 Å². The second-order valence-corrected chi connectivity index (χ2v) is 4.03. The average Bonchev–Trinajstić information content (AvgIpc) is 2.41. The van der Waals surface area contributed by atoms with Crippen LogP contribution in [0.25, 0.3) is 11.3 Å². The Kier molecular flexibility index (Phi) is 3.24. The minimum Gasteiger partial charge on any atom is -0.371 e. The largest absolute Gasteiger partial charge is 0.371 e. The molecule has 0 spiro atoms. The van der Waals surface area contributed by atoms with Gasteiger partial charge in [-0.15, -0.1) is 0 Å². The zero-order chi connectivity index (χ0) is 13.1. The maximum absolute atomic E-state index is 8.93. The van der Waals surface area contributed by atoms with Gasteiger partial charge in [0.05, 0.1) is 23.0 Å². The topological polar surface area (TPSA) is 61.6 Å². The molecular weight excluding hydrogens is 224 g/mol. The number of nitrogens with one attached hydrogen (secondary N) is 1. The standard InChI is InChI=1S/C14H14N4/c1-9-10(2)18-14(16-3)13(17-9)12-6-4-5-11(7-12)8-15/h4-7H,1-3H3,(H,16,18). The molecule has 2 aromatic rings. The van der Waals surface area contributed by atoms with E-state index in [9.17, 15) is 0 Å². The molecule has 0 aliphatic heterocycles. The summed E-state index contributed by atoms with van der Waals surface area (Å²) in [6, 6.07) is 9.51. The molecule has 0 bridgehead atoms. The fraction of sp³-hybridized carbons (Fsp3) is 0.214. The highest BCUT2D eigenvalue weighted by Crippen LogP contribution is 2.25. The summed E-state index contributed by atoms with van der Waals surface area (Å²) in [5, 5.41) is 12.0.